The zero-order valence-electron chi connectivity index (χ0n) is 9.28. The Kier molecular flexibility index (Phi) is 3.57. The zero-order chi connectivity index (χ0) is 10.5. The van der Waals surface area contributed by atoms with Gasteiger partial charge in [-0.25, -0.2) is 0 Å². The van der Waals surface area contributed by atoms with Crippen molar-refractivity contribution in [2.45, 2.75) is 32.3 Å². The Bertz CT molecular complexity index is 326. The minimum absolute atomic E-state index is 0.426. The first-order valence-corrected chi connectivity index (χ1v) is 5.66. The van der Waals surface area contributed by atoms with E-state index >= 15 is 0 Å². The molecule has 1 aromatic rings. The van der Waals surface area contributed by atoms with Crippen molar-refractivity contribution in [1.29, 1.82) is 0 Å². The van der Waals surface area contributed by atoms with E-state index in [-0.39, 0.29) is 0 Å². The van der Waals surface area contributed by atoms with E-state index in [0.717, 1.165) is 25.9 Å². The predicted molar refractivity (Wildman–Crippen MR) is 62.9 cm³/mol. The van der Waals surface area contributed by atoms with Crippen molar-refractivity contribution in [2.75, 3.05) is 6.61 Å². The van der Waals surface area contributed by atoms with Crippen LogP contribution in [0.15, 0.2) is 42.0 Å². The number of aryl methyl sites for hydroxylation is 1. The summed E-state index contributed by atoms with van der Waals surface area (Å²) in [5, 5.41) is 0. The van der Waals surface area contributed by atoms with Crippen molar-refractivity contribution in [2.24, 2.45) is 0 Å². The fourth-order valence-electron chi connectivity index (χ4n) is 1.99. The van der Waals surface area contributed by atoms with Crippen molar-refractivity contribution in [1.82, 2.24) is 0 Å². The molecule has 0 bridgehead atoms. The minimum Gasteiger partial charge on any atom is -0.374 e. The summed E-state index contributed by atoms with van der Waals surface area (Å²) in [5.74, 6) is 0. The van der Waals surface area contributed by atoms with Gasteiger partial charge in [-0.3, -0.25) is 0 Å². The summed E-state index contributed by atoms with van der Waals surface area (Å²) >= 11 is 0. The highest BCUT2D eigenvalue weighted by Gasteiger charge is 2.13. The molecule has 0 saturated heterocycles. The van der Waals surface area contributed by atoms with Crippen LogP contribution in [0.5, 0.6) is 0 Å². The molecular formula is C14H18O. The lowest BCUT2D eigenvalue weighted by Gasteiger charge is -2.21. The van der Waals surface area contributed by atoms with E-state index < -0.39 is 0 Å². The second-order valence-electron chi connectivity index (χ2n) is 4.23. The van der Waals surface area contributed by atoms with Gasteiger partial charge in [-0.05, 0) is 31.7 Å². The van der Waals surface area contributed by atoms with Crippen LogP contribution >= 0.6 is 0 Å². The normalized spacial score (nSPS) is 21.1. The monoisotopic (exact) mass is 202 g/mol. The third kappa shape index (κ3) is 3.21. The van der Waals surface area contributed by atoms with Gasteiger partial charge in [0.25, 0.3) is 0 Å². The Hall–Kier alpha value is -1.08. The molecule has 1 heterocycles. The van der Waals surface area contributed by atoms with E-state index in [9.17, 15) is 0 Å². The smallest absolute Gasteiger partial charge is 0.0653 e. The van der Waals surface area contributed by atoms with E-state index in [0.29, 0.717) is 6.10 Å². The molecule has 1 aliphatic heterocycles. The van der Waals surface area contributed by atoms with Crippen molar-refractivity contribution in [3.63, 3.8) is 0 Å². The first-order chi connectivity index (χ1) is 7.34. The van der Waals surface area contributed by atoms with Crippen molar-refractivity contribution in [3.8, 4) is 0 Å². The number of rotatable bonds is 3. The van der Waals surface area contributed by atoms with E-state index in [4.69, 9.17) is 4.74 Å². The largest absolute Gasteiger partial charge is 0.374 e. The van der Waals surface area contributed by atoms with Gasteiger partial charge in [0, 0.05) is 0 Å². The molecule has 0 spiro atoms. The number of hydrogen-bond acceptors (Lipinski definition) is 1. The molecule has 1 unspecified atom stereocenters. The lowest BCUT2D eigenvalue weighted by Crippen LogP contribution is -2.18. The Balaban J connectivity index is 1.81. The molecule has 80 valence electrons. The van der Waals surface area contributed by atoms with Crippen LogP contribution in [0.1, 0.15) is 25.3 Å². The van der Waals surface area contributed by atoms with Crippen LogP contribution in [0.2, 0.25) is 0 Å². The van der Waals surface area contributed by atoms with Crippen molar-refractivity contribution >= 4 is 0 Å². The van der Waals surface area contributed by atoms with Crippen LogP contribution < -0.4 is 0 Å². The van der Waals surface area contributed by atoms with Crippen molar-refractivity contribution in [3.05, 3.63) is 47.5 Å². The summed E-state index contributed by atoms with van der Waals surface area (Å²) in [7, 11) is 0. The summed E-state index contributed by atoms with van der Waals surface area (Å²) in [5.41, 5.74) is 2.88. The van der Waals surface area contributed by atoms with Gasteiger partial charge in [-0.1, -0.05) is 42.0 Å². The van der Waals surface area contributed by atoms with Crippen LogP contribution in [-0.2, 0) is 11.2 Å². The average Bonchev–Trinajstić information content (AvgIpc) is 2.28. The maximum Gasteiger partial charge on any atom is 0.0653 e. The van der Waals surface area contributed by atoms with E-state index in [1.54, 1.807) is 0 Å². The molecule has 1 aliphatic rings. The maximum atomic E-state index is 5.69. The third-order valence-electron chi connectivity index (χ3n) is 2.91. The Morgan fingerprint density at radius 1 is 1.27 bits per heavy atom. The zero-order valence-corrected chi connectivity index (χ0v) is 9.28. The van der Waals surface area contributed by atoms with Gasteiger partial charge in [0.2, 0.25) is 0 Å². The molecule has 0 fully saturated rings. The standard InChI is InChI=1S/C14H18O/c1-12-9-10-15-14(11-12)8-7-13-5-3-2-4-6-13/h2-6,9,14H,7-8,10-11H2,1H3. The highest BCUT2D eigenvalue weighted by molar-refractivity contribution is 5.15. The Labute approximate surface area is 91.8 Å². The summed E-state index contributed by atoms with van der Waals surface area (Å²) in [6.07, 6.45) is 5.97. The van der Waals surface area contributed by atoms with Gasteiger partial charge < -0.3 is 4.74 Å². The first-order valence-electron chi connectivity index (χ1n) is 5.66. The molecule has 1 atom stereocenters. The Morgan fingerprint density at radius 2 is 2.07 bits per heavy atom. The van der Waals surface area contributed by atoms with E-state index in [1.807, 2.05) is 0 Å². The quantitative estimate of drug-likeness (QED) is 0.683. The lowest BCUT2D eigenvalue weighted by atomic mass is 10.0. The molecule has 15 heavy (non-hydrogen) atoms. The van der Waals surface area contributed by atoms with Gasteiger partial charge in [0.05, 0.1) is 12.7 Å². The van der Waals surface area contributed by atoms with E-state index in [1.165, 1.54) is 11.1 Å². The van der Waals surface area contributed by atoms with Crippen molar-refractivity contribution < 1.29 is 4.74 Å². The molecule has 1 aromatic carbocycles. The molecule has 0 amide bonds. The van der Waals surface area contributed by atoms with Crippen LogP contribution in [0, 0.1) is 0 Å². The van der Waals surface area contributed by atoms with E-state index in [2.05, 4.69) is 43.3 Å². The lowest BCUT2D eigenvalue weighted by molar-refractivity contribution is 0.0585. The minimum atomic E-state index is 0.426. The van der Waals surface area contributed by atoms with Crippen LogP contribution in [0.4, 0.5) is 0 Å². The van der Waals surface area contributed by atoms with Gasteiger partial charge in [-0.2, -0.15) is 0 Å². The molecule has 0 radical (unpaired) electrons. The van der Waals surface area contributed by atoms with Gasteiger partial charge in [0.1, 0.15) is 0 Å². The molecule has 0 aromatic heterocycles. The maximum absolute atomic E-state index is 5.69. The Morgan fingerprint density at radius 3 is 2.80 bits per heavy atom. The first kappa shape index (κ1) is 10.4. The fourth-order valence-corrected chi connectivity index (χ4v) is 1.99. The highest BCUT2D eigenvalue weighted by Crippen LogP contribution is 2.18. The fraction of sp³-hybridized carbons (Fsp3) is 0.429. The van der Waals surface area contributed by atoms with Gasteiger partial charge in [0.15, 0.2) is 0 Å². The molecule has 0 saturated carbocycles. The molecular weight excluding hydrogens is 184 g/mol. The summed E-state index contributed by atoms with van der Waals surface area (Å²) in [6, 6.07) is 10.6. The number of hydrogen-bond donors (Lipinski definition) is 0. The second-order valence-corrected chi connectivity index (χ2v) is 4.23. The second kappa shape index (κ2) is 5.13. The van der Waals surface area contributed by atoms with Crippen LogP contribution in [0.25, 0.3) is 0 Å². The number of ether oxygens (including phenoxy) is 1. The van der Waals surface area contributed by atoms with Gasteiger partial charge in [-0.15, -0.1) is 0 Å². The SMILES string of the molecule is CC1=CCOC(CCc2ccccc2)C1. The molecule has 0 aliphatic carbocycles. The third-order valence-corrected chi connectivity index (χ3v) is 2.91. The predicted octanol–water partition coefficient (Wildman–Crippen LogP) is 3.35. The van der Waals surface area contributed by atoms with Crippen LogP contribution in [0.3, 0.4) is 0 Å². The molecule has 2 rings (SSSR count). The molecule has 1 heteroatoms. The van der Waals surface area contributed by atoms with Gasteiger partial charge >= 0.3 is 0 Å². The highest BCUT2D eigenvalue weighted by atomic mass is 16.5. The molecule has 1 nitrogen and oxygen atoms in total. The number of benzene rings is 1. The summed E-state index contributed by atoms with van der Waals surface area (Å²) < 4.78 is 5.69. The summed E-state index contributed by atoms with van der Waals surface area (Å²) in [6.45, 7) is 2.99. The molecule has 0 N–H and O–H groups in total. The summed E-state index contributed by atoms with van der Waals surface area (Å²) in [4.78, 5) is 0. The topological polar surface area (TPSA) is 9.23 Å². The van der Waals surface area contributed by atoms with Crippen LogP contribution in [-0.4, -0.2) is 12.7 Å². The average molecular weight is 202 g/mol.